The van der Waals surface area contributed by atoms with Crippen LogP contribution >= 0.6 is 11.6 Å². The molecule has 3 atom stereocenters. The Morgan fingerprint density at radius 1 is 1.00 bits per heavy atom. The van der Waals surface area contributed by atoms with Crippen LogP contribution in [0.2, 0.25) is 10.1 Å². The molecule has 0 spiro atoms. The van der Waals surface area contributed by atoms with Gasteiger partial charge in [-0.15, -0.1) is 0 Å². The monoisotopic (exact) mass is 618 g/mol. The largest absolute Gasteiger partial charge is 0.403 e. The molecule has 8 heteroatoms. The molecule has 1 aromatic heterocycles. The van der Waals surface area contributed by atoms with Crippen molar-refractivity contribution >= 4 is 36.0 Å². The van der Waals surface area contributed by atoms with Crippen molar-refractivity contribution in [3.05, 3.63) is 119 Å². The SMILES string of the molecule is C[C@@H]1CN(c2c(CO[Si](c3ccccc3)(c3ccccc3)C(C)(C)C)cc(C(O)c3cccnc3)c(F)c2Cl)C[C@H](C)O1. The van der Waals surface area contributed by atoms with Crippen LogP contribution in [0, 0.1) is 5.82 Å². The maximum atomic E-state index is 16.1. The van der Waals surface area contributed by atoms with Gasteiger partial charge in [-0.1, -0.05) is 99.1 Å². The van der Waals surface area contributed by atoms with Gasteiger partial charge >= 0.3 is 0 Å². The number of nitrogens with zero attached hydrogens (tertiary/aromatic N) is 2. The molecule has 43 heavy (non-hydrogen) atoms. The highest BCUT2D eigenvalue weighted by Gasteiger charge is 2.50. The summed E-state index contributed by atoms with van der Waals surface area (Å²) in [5, 5.41) is 13.3. The summed E-state index contributed by atoms with van der Waals surface area (Å²) in [5.74, 6) is -0.644. The number of aromatic nitrogens is 1. The van der Waals surface area contributed by atoms with Gasteiger partial charge in [0.05, 0.1) is 24.5 Å². The van der Waals surface area contributed by atoms with E-state index in [2.05, 4.69) is 54.9 Å². The molecule has 226 valence electrons. The Bertz CT molecular complexity index is 1470. The van der Waals surface area contributed by atoms with E-state index in [0.29, 0.717) is 24.3 Å². The normalized spacial score (nSPS) is 18.5. The van der Waals surface area contributed by atoms with E-state index < -0.39 is 20.2 Å². The van der Waals surface area contributed by atoms with Crippen LogP contribution in [0.3, 0.4) is 0 Å². The Balaban J connectivity index is 1.67. The minimum Gasteiger partial charge on any atom is -0.403 e. The molecule has 1 N–H and O–H groups in total. The molecule has 1 aliphatic rings. The summed E-state index contributed by atoms with van der Waals surface area (Å²) in [4.78, 5) is 6.21. The van der Waals surface area contributed by atoms with E-state index in [0.717, 1.165) is 15.9 Å². The fraction of sp³-hybridized carbons (Fsp3) is 0.343. The summed E-state index contributed by atoms with van der Waals surface area (Å²) in [7, 11) is -2.92. The van der Waals surface area contributed by atoms with E-state index in [-0.39, 0.29) is 34.4 Å². The first-order chi connectivity index (χ1) is 20.5. The lowest BCUT2D eigenvalue weighted by Crippen LogP contribution is -2.66. The second kappa shape index (κ2) is 12.9. The third kappa shape index (κ3) is 6.28. The number of pyridine rings is 1. The van der Waals surface area contributed by atoms with Crippen molar-refractivity contribution in [2.75, 3.05) is 18.0 Å². The van der Waals surface area contributed by atoms with Crippen molar-refractivity contribution in [3.8, 4) is 0 Å². The Morgan fingerprint density at radius 2 is 1.58 bits per heavy atom. The van der Waals surface area contributed by atoms with Gasteiger partial charge in [0.25, 0.3) is 8.32 Å². The van der Waals surface area contributed by atoms with Crippen LogP contribution in [0.5, 0.6) is 0 Å². The lowest BCUT2D eigenvalue weighted by Gasteiger charge is -2.43. The predicted molar refractivity (Wildman–Crippen MR) is 174 cm³/mol. The fourth-order valence-corrected chi connectivity index (χ4v) is 11.2. The number of benzene rings is 3. The minimum atomic E-state index is -2.92. The number of hydrogen-bond donors (Lipinski definition) is 1. The molecular weight excluding hydrogens is 579 g/mol. The van der Waals surface area contributed by atoms with Gasteiger partial charge in [0.1, 0.15) is 16.9 Å². The molecule has 0 amide bonds. The van der Waals surface area contributed by atoms with Gasteiger partial charge < -0.3 is 19.2 Å². The number of halogens is 2. The van der Waals surface area contributed by atoms with Crippen molar-refractivity contribution < 1.29 is 18.7 Å². The van der Waals surface area contributed by atoms with Gasteiger partial charge in [-0.05, 0) is 41.4 Å². The van der Waals surface area contributed by atoms with Crippen molar-refractivity contribution in [1.82, 2.24) is 4.98 Å². The predicted octanol–water partition coefficient (Wildman–Crippen LogP) is 6.65. The second-order valence-electron chi connectivity index (χ2n) is 12.4. The Hall–Kier alpha value is -3.07. The lowest BCUT2D eigenvalue weighted by atomic mass is 9.98. The van der Waals surface area contributed by atoms with Crippen molar-refractivity contribution in [1.29, 1.82) is 0 Å². The van der Waals surface area contributed by atoms with Crippen LogP contribution in [-0.4, -0.2) is 43.7 Å². The third-order valence-electron chi connectivity index (χ3n) is 8.18. The highest BCUT2D eigenvalue weighted by molar-refractivity contribution is 6.99. The highest BCUT2D eigenvalue weighted by atomic mass is 35.5. The van der Waals surface area contributed by atoms with E-state index in [1.807, 2.05) is 50.2 Å². The van der Waals surface area contributed by atoms with Crippen molar-refractivity contribution in [2.45, 2.75) is 64.6 Å². The molecule has 1 saturated heterocycles. The molecule has 0 bridgehead atoms. The fourth-order valence-electron chi connectivity index (χ4n) is 6.37. The summed E-state index contributed by atoms with van der Waals surface area (Å²) in [5.41, 5.74) is 1.88. The summed E-state index contributed by atoms with van der Waals surface area (Å²) in [6.45, 7) is 12.0. The van der Waals surface area contributed by atoms with Crippen LogP contribution in [-0.2, 0) is 15.8 Å². The summed E-state index contributed by atoms with van der Waals surface area (Å²) >= 11 is 6.91. The third-order valence-corrected chi connectivity index (χ3v) is 13.5. The van der Waals surface area contributed by atoms with Gasteiger partial charge in [-0.3, -0.25) is 4.98 Å². The lowest BCUT2D eigenvalue weighted by molar-refractivity contribution is -0.00532. The van der Waals surface area contributed by atoms with E-state index in [1.165, 1.54) is 6.20 Å². The van der Waals surface area contributed by atoms with Crippen LogP contribution in [0.1, 0.15) is 57.4 Å². The minimum absolute atomic E-state index is 0.0252. The van der Waals surface area contributed by atoms with Gasteiger partial charge in [0, 0.05) is 42.2 Å². The van der Waals surface area contributed by atoms with Crippen LogP contribution in [0.4, 0.5) is 10.1 Å². The average molecular weight is 619 g/mol. The number of hydrogen-bond acceptors (Lipinski definition) is 5. The zero-order chi connectivity index (χ0) is 30.8. The number of aliphatic hydroxyl groups is 1. The number of morpholine rings is 1. The van der Waals surface area contributed by atoms with Crippen LogP contribution in [0.15, 0.2) is 91.3 Å². The van der Waals surface area contributed by atoms with Gasteiger partial charge in [0.15, 0.2) is 0 Å². The molecule has 5 rings (SSSR count). The number of anilines is 1. The Kier molecular flexibility index (Phi) is 9.39. The van der Waals surface area contributed by atoms with Gasteiger partial charge in [-0.2, -0.15) is 0 Å². The average Bonchev–Trinajstić information content (AvgIpc) is 2.99. The van der Waals surface area contributed by atoms with E-state index in [1.54, 1.807) is 24.4 Å². The molecular formula is C35H40ClFN2O3Si. The maximum absolute atomic E-state index is 16.1. The quantitative estimate of drug-likeness (QED) is 0.224. The molecule has 1 unspecified atom stereocenters. The van der Waals surface area contributed by atoms with Crippen molar-refractivity contribution in [3.63, 3.8) is 0 Å². The molecule has 3 aromatic carbocycles. The molecule has 1 fully saturated rings. The molecule has 0 radical (unpaired) electrons. The standard InChI is InChI=1S/C35H40ClFN2O3Si/c1-24-21-39(22-25(2)42-24)33-27(19-30(32(37)31(33)36)34(40)26-13-12-18-38-20-26)23-41-43(35(3,4)5,28-14-8-6-9-15-28)29-16-10-7-11-17-29/h6-20,24-25,34,40H,21-23H2,1-5H3/t24-,25+,34?. The maximum Gasteiger partial charge on any atom is 0.261 e. The number of ether oxygens (including phenoxy) is 1. The number of aliphatic hydroxyl groups excluding tert-OH is 1. The number of rotatable bonds is 8. The van der Waals surface area contributed by atoms with E-state index in [9.17, 15) is 5.11 Å². The van der Waals surface area contributed by atoms with Gasteiger partial charge in [-0.25, -0.2) is 4.39 Å². The van der Waals surface area contributed by atoms with Crippen LogP contribution < -0.4 is 15.3 Å². The smallest absolute Gasteiger partial charge is 0.261 e. The van der Waals surface area contributed by atoms with Gasteiger partial charge in [0.2, 0.25) is 0 Å². The highest BCUT2D eigenvalue weighted by Crippen LogP contribution is 2.42. The molecule has 4 aromatic rings. The van der Waals surface area contributed by atoms with E-state index in [4.69, 9.17) is 20.8 Å². The first-order valence-corrected chi connectivity index (χ1v) is 17.1. The molecule has 0 aliphatic carbocycles. The van der Waals surface area contributed by atoms with Crippen molar-refractivity contribution in [2.24, 2.45) is 0 Å². The summed E-state index contributed by atoms with van der Waals surface area (Å²) < 4.78 is 29.4. The Labute approximate surface area is 260 Å². The molecule has 5 nitrogen and oxygen atoms in total. The molecule has 1 aliphatic heterocycles. The zero-order valence-corrected chi connectivity index (χ0v) is 27.2. The molecule has 0 saturated carbocycles. The Morgan fingerprint density at radius 3 is 2.09 bits per heavy atom. The zero-order valence-electron chi connectivity index (χ0n) is 25.4. The van der Waals surface area contributed by atoms with Crippen LogP contribution in [0.25, 0.3) is 0 Å². The first kappa shape index (κ1) is 31.4. The summed E-state index contributed by atoms with van der Waals surface area (Å²) in [6, 6.07) is 26.0. The summed E-state index contributed by atoms with van der Waals surface area (Å²) in [6.07, 6.45) is 1.79. The second-order valence-corrected chi connectivity index (χ2v) is 17.1. The molecule has 2 heterocycles. The topological polar surface area (TPSA) is 54.8 Å². The van der Waals surface area contributed by atoms with E-state index >= 15 is 4.39 Å². The first-order valence-electron chi connectivity index (χ1n) is 14.8.